The molecule has 5 nitrogen and oxygen atoms in total. The molecule has 2 aliphatic rings. The van der Waals surface area contributed by atoms with E-state index in [0.29, 0.717) is 20.3 Å². The van der Waals surface area contributed by atoms with E-state index >= 15 is 0 Å². The third-order valence-corrected chi connectivity index (χ3v) is 9.14. The molecule has 2 aromatic rings. The van der Waals surface area contributed by atoms with E-state index in [2.05, 4.69) is 69.8 Å². The molecule has 2 unspecified atom stereocenters. The minimum absolute atomic E-state index is 0. The van der Waals surface area contributed by atoms with Crippen molar-refractivity contribution in [2.24, 2.45) is 5.92 Å². The Morgan fingerprint density at radius 3 is 2.14 bits per heavy atom. The topological polar surface area (TPSA) is 96.4 Å². The van der Waals surface area contributed by atoms with Crippen LogP contribution in [0.4, 0.5) is 0 Å². The predicted octanol–water partition coefficient (Wildman–Crippen LogP) is 1.43. The second-order valence-electron chi connectivity index (χ2n) is 6.68. The molecule has 2 atom stereocenters. The van der Waals surface area contributed by atoms with Gasteiger partial charge in [-0.3, -0.25) is 4.79 Å². The van der Waals surface area contributed by atoms with E-state index in [1.807, 2.05) is 0 Å². The number of halogens is 8. The number of aromatic carboxylic acids is 1. The minimum atomic E-state index is -1.58. The summed E-state index contributed by atoms with van der Waals surface area (Å²) in [5.41, 5.74) is 0.219. The van der Waals surface area contributed by atoms with E-state index in [1.165, 1.54) is 0 Å². The van der Waals surface area contributed by atoms with Crippen molar-refractivity contribution in [2.75, 3.05) is 0 Å². The Morgan fingerprint density at radius 1 is 1.00 bits per heavy atom. The Morgan fingerprint density at radius 2 is 1.57 bits per heavy atom. The second kappa shape index (κ2) is 13.5. The van der Waals surface area contributed by atoms with Crippen molar-refractivity contribution in [2.45, 2.75) is 5.92 Å². The van der Waals surface area contributed by atoms with Crippen molar-refractivity contribution in [3.05, 3.63) is 78.7 Å². The standard InChI is InChI=1S/C20H5Br4Cl4O4.2Na.H2O/c21-4-1-5-9(10-11(20(30)31)14(26)16(28)15(27)13(10)25)6-3-7(22)17(29)12(24)19(6)32-18(5)8(23)2-4;;;/h1,3,6,9H,(H,30,31);;;1H2/q-1;2*+1;/p-2. The first-order valence-electron chi connectivity index (χ1n) is 8.43. The van der Waals surface area contributed by atoms with Crippen molar-refractivity contribution in [1.82, 2.24) is 0 Å². The van der Waals surface area contributed by atoms with Crippen LogP contribution in [0.3, 0.4) is 0 Å². The van der Waals surface area contributed by atoms with Crippen LogP contribution in [0.1, 0.15) is 27.4 Å². The van der Waals surface area contributed by atoms with Gasteiger partial charge in [-0.15, -0.1) is 11.6 Å². The summed E-state index contributed by atoms with van der Waals surface area (Å²) in [5.74, 6) is -2.79. The number of Topliss-reactive ketones (excluding diaryl/α,β-unsaturated/α-hetero) is 1. The molecule has 0 saturated heterocycles. The van der Waals surface area contributed by atoms with Crippen molar-refractivity contribution in [3.8, 4) is 5.75 Å². The van der Waals surface area contributed by atoms with E-state index in [0.717, 1.165) is 0 Å². The summed E-state index contributed by atoms with van der Waals surface area (Å²) in [4.78, 5) is 24.7. The van der Waals surface area contributed by atoms with Gasteiger partial charge >= 0.3 is 59.1 Å². The number of carboxylic acids is 1. The van der Waals surface area contributed by atoms with Crippen LogP contribution in [0.15, 0.2) is 35.8 Å². The average molecular weight is 833 g/mol. The van der Waals surface area contributed by atoms with E-state index in [4.69, 9.17) is 51.1 Å². The van der Waals surface area contributed by atoms with Gasteiger partial charge in [-0.1, -0.05) is 93.3 Å². The van der Waals surface area contributed by atoms with E-state index in [1.54, 1.807) is 12.1 Å². The van der Waals surface area contributed by atoms with Gasteiger partial charge in [0, 0.05) is 23.1 Å². The zero-order chi connectivity index (χ0) is 23.6. The maximum Gasteiger partial charge on any atom is 1.00 e. The molecule has 4 rings (SSSR count). The van der Waals surface area contributed by atoms with Crippen LogP contribution in [0.5, 0.6) is 5.75 Å². The maximum atomic E-state index is 12.6. The Balaban J connectivity index is 0.00000204. The van der Waals surface area contributed by atoms with Crippen LogP contribution in [0, 0.1) is 12.0 Å². The molecular formula is C20H5Br4Cl4Na2O5-. The summed E-state index contributed by atoms with van der Waals surface area (Å²) in [7, 11) is 0. The number of rotatable bonds is 2. The van der Waals surface area contributed by atoms with Crippen molar-refractivity contribution in [3.63, 3.8) is 0 Å². The maximum absolute atomic E-state index is 12.6. The normalized spacial score (nSPS) is 18.2. The molecule has 0 radical (unpaired) electrons. The fourth-order valence-electron chi connectivity index (χ4n) is 3.67. The molecule has 2 aromatic carbocycles. The van der Waals surface area contributed by atoms with E-state index in [-0.39, 0.29) is 111 Å². The van der Waals surface area contributed by atoms with E-state index < -0.39 is 23.4 Å². The molecule has 0 fully saturated rings. The second-order valence-corrected chi connectivity index (χ2v) is 11.5. The number of ether oxygens (including phenoxy) is 1. The molecule has 174 valence electrons. The molecule has 1 N–H and O–H groups in total. The fourth-order valence-corrected chi connectivity index (χ4v) is 7.28. The number of ketones is 1. The number of carbonyl (C=O) groups excluding carboxylic acids is 2. The Hall–Kier alpha value is 1.90. The number of allylic oxidation sites excluding steroid dienone is 3. The third kappa shape index (κ3) is 6.15. The molecule has 15 heteroatoms. The van der Waals surface area contributed by atoms with Gasteiger partial charge in [0.15, 0.2) is 0 Å². The molecule has 1 aliphatic heterocycles. The average Bonchev–Trinajstić information content (AvgIpc) is 2.72. The first-order chi connectivity index (χ1) is 15.0. The van der Waals surface area contributed by atoms with Gasteiger partial charge in [-0.25, -0.2) is 0 Å². The number of hydrogen-bond donors (Lipinski definition) is 0. The predicted molar refractivity (Wildman–Crippen MR) is 137 cm³/mol. The number of carbonyl (C=O) groups is 2. The fraction of sp³-hybridized carbons (Fsp3) is 0.100. The van der Waals surface area contributed by atoms with E-state index in [9.17, 15) is 14.7 Å². The van der Waals surface area contributed by atoms with Crippen molar-refractivity contribution >= 4 is 122 Å². The summed E-state index contributed by atoms with van der Waals surface area (Å²) in [6.07, 6.45) is 1.61. The molecule has 0 spiro atoms. The number of fused-ring (bicyclic) bond motifs is 2. The molecule has 0 aromatic heterocycles. The third-order valence-electron chi connectivity index (χ3n) is 4.96. The van der Waals surface area contributed by atoms with Crippen LogP contribution in [0.2, 0.25) is 20.1 Å². The van der Waals surface area contributed by atoms with Gasteiger partial charge in [0.05, 0.1) is 30.5 Å². The molecule has 1 heterocycles. The van der Waals surface area contributed by atoms with Crippen molar-refractivity contribution in [1.29, 1.82) is 0 Å². The Labute approximate surface area is 297 Å². The first kappa shape index (κ1) is 34.9. The first-order valence-corrected chi connectivity index (χ1v) is 13.1. The van der Waals surface area contributed by atoms with Gasteiger partial charge in [-0.2, -0.15) is 6.07 Å². The summed E-state index contributed by atoms with van der Waals surface area (Å²) in [6.45, 7) is 0. The van der Waals surface area contributed by atoms with Gasteiger partial charge < -0.3 is 20.1 Å². The smallest absolute Gasteiger partial charge is 0.870 e. The number of carboxylic acid groups (broad SMARTS) is 1. The zero-order valence-corrected chi connectivity index (χ0v) is 30.8. The van der Waals surface area contributed by atoms with Crippen LogP contribution in [-0.2, 0) is 4.79 Å². The summed E-state index contributed by atoms with van der Waals surface area (Å²) >= 11 is 38.7. The molecule has 0 bridgehead atoms. The van der Waals surface area contributed by atoms with Gasteiger partial charge in [0.25, 0.3) is 0 Å². The monoisotopic (exact) mass is 827 g/mol. The summed E-state index contributed by atoms with van der Waals surface area (Å²) < 4.78 is 7.51. The van der Waals surface area contributed by atoms with Gasteiger partial charge in [-0.05, 0) is 37.4 Å². The van der Waals surface area contributed by atoms with Crippen LogP contribution in [0.25, 0.3) is 0 Å². The van der Waals surface area contributed by atoms with Crippen LogP contribution >= 0.6 is 110 Å². The quantitative estimate of drug-likeness (QED) is 0.198. The largest absolute Gasteiger partial charge is 1.00 e. The Bertz CT molecular complexity index is 1320. The summed E-state index contributed by atoms with van der Waals surface area (Å²) in [5, 5.41) is 11.5. The van der Waals surface area contributed by atoms with Crippen LogP contribution < -0.4 is 69.0 Å². The Kier molecular flexibility index (Phi) is 13.5. The van der Waals surface area contributed by atoms with Gasteiger partial charge in [0.1, 0.15) is 10.2 Å². The SMILES string of the molecule is O=C1C(Br)=CC2C(=C1Br)Oc1c(Br)[c-]c(Br)cc1C2c1c(Cl)c(Cl)c(Cl)c(Cl)c1C(=O)[O-].[Na+].[Na+].[OH-]. The number of benzene rings is 2. The molecule has 0 amide bonds. The minimum Gasteiger partial charge on any atom is -0.870 e. The zero-order valence-electron chi connectivity index (χ0n) is 17.4. The molecule has 1 aliphatic carbocycles. The number of hydrogen-bond acceptors (Lipinski definition) is 5. The van der Waals surface area contributed by atoms with Crippen LogP contribution in [-0.4, -0.2) is 17.2 Å². The molecule has 35 heavy (non-hydrogen) atoms. The summed E-state index contributed by atoms with van der Waals surface area (Å²) in [6, 6.07) is 4.72. The molecular weight excluding hydrogens is 828 g/mol. The molecule has 0 saturated carbocycles. The van der Waals surface area contributed by atoms with Gasteiger partial charge in [0.2, 0.25) is 5.78 Å². The van der Waals surface area contributed by atoms with Crippen molar-refractivity contribution < 1.29 is 84.0 Å².